The SMILES string of the molecule is CCCc1nc(CN(CC)Cc2ccc(O)c(C(=O)O)c2)no1. The van der Waals surface area contributed by atoms with Gasteiger partial charge >= 0.3 is 5.97 Å². The molecule has 0 saturated heterocycles. The van der Waals surface area contributed by atoms with E-state index in [0.29, 0.717) is 24.8 Å². The molecule has 7 nitrogen and oxygen atoms in total. The maximum absolute atomic E-state index is 11.1. The summed E-state index contributed by atoms with van der Waals surface area (Å²) in [5, 5.41) is 22.6. The summed E-state index contributed by atoms with van der Waals surface area (Å²) < 4.78 is 5.17. The van der Waals surface area contributed by atoms with Gasteiger partial charge in [-0.1, -0.05) is 25.1 Å². The Balaban J connectivity index is 2.06. The van der Waals surface area contributed by atoms with Crippen LogP contribution in [0.15, 0.2) is 22.7 Å². The molecule has 0 aliphatic rings. The normalized spacial score (nSPS) is 11.1. The van der Waals surface area contributed by atoms with Crippen molar-refractivity contribution in [2.24, 2.45) is 0 Å². The number of carbonyl (C=O) groups is 1. The lowest BCUT2D eigenvalue weighted by Crippen LogP contribution is -2.23. The number of aromatic carboxylic acids is 1. The number of phenols is 1. The number of aromatic nitrogens is 2. The maximum atomic E-state index is 11.1. The number of aryl methyl sites for hydroxylation is 1. The monoisotopic (exact) mass is 319 g/mol. The highest BCUT2D eigenvalue weighted by atomic mass is 16.5. The first-order valence-corrected chi connectivity index (χ1v) is 7.62. The van der Waals surface area contributed by atoms with Crippen LogP contribution in [-0.2, 0) is 19.5 Å². The molecule has 0 fully saturated rings. The third-order valence-electron chi connectivity index (χ3n) is 3.48. The van der Waals surface area contributed by atoms with Crippen LogP contribution in [0.1, 0.15) is 47.9 Å². The number of aromatic hydroxyl groups is 1. The highest BCUT2D eigenvalue weighted by Crippen LogP contribution is 2.20. The van der Waals surface area contributed by atoms with E-state index in [4.69, 9.17) is 9.63 Å². The minimum absolute atomic E-state index is 0.0941. The molecule has 0 aliphatic carbocycles. The summed E-state index contributed by atoms with van der Waals surface area (Å²) in [6.07, 6.45) is 1.71. The van der Waals surface area contributed by atoms with E-state index >= 15 is 0 Å². The van der Waals surface area contributed by atoms with Crippen LogP contribution in [0, 0.1) is 0 Å². The maximum Gasteiger partial charge on any atom is 0.339 e. The molecule has 2 rings (SSSR count). The van der Waals surface area contributed by atoms with Crippen molar-refractivity contribution in [3.8, 4) is 5.75 Å². The molecule has 0 unspecified atom stereocenters. The van der Waals surface area contributed by atoms with Crippen LogP contribution in [0.5, 0.6) is 5.75 Å². The molecule has 0 bridgehead atoms. The first kappa shape index (κ1) is 17.0. The molecular weight excluding hydrogens is 298 g/mol. The lowest BCUT2D eigenvalue weighted by Gasteiger charge is -2.18. The third-order valence-corrected chi connectivity index (χ3v) is 3.48. The van der Waals surface area contributed by atoms with Crippen molar-refractivity contribution in [2.45, 2.75) is 39.8 Å². The summed E-state index contributed by atoms with van der Waals surface area (Å²) in [7, 11) is 0. The van der Waals surface area contributed by atoms with Crippen LogP contribution in [0.4, 0.5) is 0 Å². The van der Waals surface area contributed by atoms with Crippen molar-refractivity contribution in [1.82, 2.24) is 15.0 Å². The van der Waals surface area contributed by atoms with Crippen molar-refractivity contribution < 1.29 is 19.5 Å². The largest absolute Gasteiger partial charge is 0.507 e. The molecule has 2 aromatic rings. The Morgan fingerprint density at radius 2 is 2.09 bits per heavy atom. The van der Waals surface area contributed by atoms with Gasteiger partial charge in [0.15, 0.2) is 5.82 Å². The average Bonchev–Trinajstić information content (AvgIpc) is 2.95. The second-order valence-corrected chi connectivity index (χ2v) is 5.31. The number of carboxylic acid groups (broad SMARTS) is 1. The van der Waals surface area contributed by atoms with Gasteiger partial charge in [0.1, 0.15) is 11.3 Å². The number of nitrogens with zero attached hydrogens (tertiary/aromatic N) is 3. The number of hydrogen-bond donors (Lipinski definition) is 2. The van der Waals surface area contributed by atoms with Gasteiger partial charge in [0.25, 0.3) is 0 Å². The average molecular weight is 319 g/mol. The standard InChI is InChI=1S/C16H21N3O4/c1-3-5-15-17-14(18-23-15)10-19(4-2)9-11-6-7-13(20)12(8-11)16(21)22/h6-8,20H,3-5,9-10H2,1-2H3,(H,21,22). The van der Waals surface area contributed by atoms with Gasteiger partial charge < -0.3 is 14.7 Å². The summed E-state index contributed by atoms with van der Waals surface area (Å²) in [6.45, 7) is 5.86. The zero-order valence-electron chi connectivity index (χ0n) is 13.3. The van der Waals surface area contributed by atoms with Crippen molar-refractivity contribution >= 4 is 5.97 Å². The molecule has 2 N–H and O–H groups in total. The smallest absolute Gasteiger partial charge is 0.339 e. The van der Waals surface area contributed by atoms with Gasteiger partial charge in [-0.3, -0.25) is 4.90 Å². The van der Waals surface area contributed by atoms with Crippen LogP contribution in [-0.4, -0.2) is 37.8 Å². The molecule has 0 saturated carbocycles. The van der Waals surface area contributed by atoms with Crippen LogP contribution < -0.4 is 0 Å². The highest BCUT2D eigenvalue weighted by Gasteiger charge is 2.14. The summed E-state index contributed by atoms with van der Waals surface area (Å²) in [6, 6.07) is 4.60. The molecule has 7 heteroatoms. The van der Waals surface area contributed by atoms with Crippen molar-refractivity contribution in [3.05, 3.63) is 41.0 Å². The third kappa shape index (κ3) is 4.53. The lowest BCUT2D eigenvalue weighted by molar-refractivity contribution is 0.0693. The number of hydrogen-bond acceptors (Lipinski definition) is 6. The first-order valence-electron chi connectivity index (χ1n) is 7.62. The van der Waals surface area contributed by atoms with Gasteiger partial charge in [0.05, 0.1) is 6.54 Å². The molecule has 1 aromatic carbocycles. The fraction of sp³-hybridized carbons (Fsp3) is 0.438. The number of benzene rings is 1. The minimum Gasteiger partial charge on any atom is -0.507 e. The van der Waals surface area contributed by atoms with E-state index in [1.165, 1.54) is 12.1 Å². The van der Waals surface area contributed by atoms with Crippen molar-refractivity contribution in [1.29, 1.82) is 0 Å². The molecule has 124 valence electrons. The molecule has 0 atom stereocenters. The Bertz CT molecular complexity index is 669. The molecule has 23 heavy (non-hydrogen) atoms. The van der Waals surface area contributed by atoms with Gasteiger partial charge in [-0.25, -0.2) is 4.79 Å². The van der Waals surface area contributed by atoms with E-state index in [9.17, 15) is 9.90 Å². The van der Waals surface area contributed by atoms with Crippen molar-refractivity contribution in [3.63, 3.8) is 0 Å². The summed E-state index contributed by atoms with van der Waals surface area (Å²) >= 11 is 0. The second-order valence-electron chi connectivity index (χ2n) is 5.31. The van der Waals surface area contributed by atoms with Gasteiger partial charge in [0.2, 0.25) is 5.89 Å². The van der Waals surface area contributed by atoms with Crippen LogP contribution in [0.25, 0.3) is 0 Å². The predicted molar refractivity (Wildman–Crippen MR) is 83.1 cm³/mol. The van der Waals surface area contributed by atoms with Crippen LogP contribution >= 0.6 is 0 Å². The predicted octanol–water partition coefficient (Wildman–Crippen LogP) is 2.45. The zero-order chi connectivity index (χ0) is 16.8. The first-order chi connectivity index (χ1) is 11.0. The Labute approximate surface area is 134 Å². The fourth-order valence-corrected chi connectivity index (χ4v) is 2.26. The highest BCUT2D eigenvalue weighted by molar-refractivity contribution is 5.90. The molecule has 1 aromatic heterocycles. The van der Waals surface area contributed by atoms with E-state index in [1.54, 1.807) is 6.07 Å². The fourth-order valence-electron chi connectivity index (χ4n) is 2.26. The minimum atomic E-state index is -1.14. The topological polar surface area (TPSA) is 99.7 Å². The summed E-state index contributed by atoms with van der Waals surface area (Å²) in [5.74, 6) is -0.120. The van der Waals surface area contributed by atoms with E-state index in [1.807, 2.05) is 13.8 Å². The molecule has 0 radical (unpaired) electrons. The van der Waals surface area contributed by atoms with Gasteiger partial charge in [-0.2, -0.15) is 4.98 Å². The summed E-state index contributed by atoms with van der Waals surface area (Å²) in [4.78, 5) is 17.5. The Kier molecular flexibility index (Phi) is 5.70. The molecule has 0 spiro atoms. The second kappa shape index (κ2) is 7.73. The quantitative estimate of drug-likeness (QED) is 0.770. The molecule has 1 heterocycles. The number of rotatable bonds is 8. The van der Waals surface area contributed by atoms with E-state index in [2.05, 4.69) is 15.0 Å². The molecule has 0 amide bonds. The lowest BCUT2D eigenvalue weighted by atomic mass is 10.1. The molecular formula is C16H21N3O4. The Hall–Kier alpha value is -2.41. The van der Waals surface area contributed by atoms with Crippen LogP contribution in [0.3, 0.4) is 0 Å². The van der Waals surface area contributed by atoms with Gasteiger partial charge in [-0.05, 0) is 30.7 Å². The summed E-state index contributed by atoms with van der Waals surface area (Å²) in [5.41, 5.74) is 0.711. The zero-order valence-corrected chi connectivity index (χ0v) is 13.3. The van der Waals surface area contributed by atoms with E-state index in [-0.39, 0.29) is 11.3 Å². The van der Waals surface area contributed by atoms with Gasteiger partial charge in [0, 0.05) is 13.0 Å². The Morgan fingerprint density at radius 3 is 2.74 bits per heavy atom. The van der Waals surface area contributed by atoms with E-state index < -0.39 is 5.97 Å². The Morgan fingerprint density at radius 1 is 1.30 bits per heavy atom. The number of carboxylic acids is 1. The van der Waals surface area contributed by atoms with Gasteiger partial charge in [-0.15, -0.1) is 0 Å². The molecule has 0 aliphatic heterocycles. The van der Waals surface area contributed by atoms with Crippen molar-refractivity contribution in [2.75, 3.05) is 6.54 Å². The van der Waals surface area contributed by atoms with Crippen LogP contribution in [0.2, 0.25) is 0 Å². The van der Waals surface area contributed by atoms with E-state index in [0.717, 1.165) is 24.9 Å².